The molecule has 1 N–H and O–H groups in total. The van der Waals surface area contributed by atoms with Crippen LogP contribution in [0.3, 0.4) is 0 Å². The summed E-state index contributed by atoms with van der Waals surface area (Å²) in [6.07, 6.45) is 1.01. The highest BCUT2D eigenvalue weighted by molar-refractivity contribution is 9.10. The highest BCUT2D eigenvalue weighted by atomic mass is 79.9. The van der Waals surface area contributed by atoms with Gasteiger partial charge in [0.15, 0.2) is 0 Å². The molecule has 1 fully saturated rings. The number of rotatable bonds is 1. The molecular weight excluding hydrogens is 282 g/mol. The van der Waals surface area contributed by atoms with Crippen LogP contribution in [0, 0.1) is 0 Å². The lowest BCUT2D eigenvalue weighted by Crippen LogP contribution is -2.27. The molecule has 90 valence electrons. The molecule has 0 amide bonds. The number of aromatic nitrogens is 2. The molecule has 17 heavy (non-hydrogen) atoms. The fourth-order valence-corrected chi connectivity index (χ4v) is 3.12. The van der Waals surface area contributed by atoms with E-state index in [9.17, 15) is 4.79 Å². The van der Waals surface area contributed by atoms with Crippen LogP contribution in [0.2, 0.25) is 0 Å². The van der Waals surface area contributed by atoms with Crippen molar-refractivity contribution in [2.75, 3.05) is 13.1 Å². The van der Waals surface area contributed by atoms with E-state index in [-0.39, 0.29) is 11.7 Å². The third kappa shape index (κ3) is 1.57. The van der Waals surface area contributed by atoms with Crippen molar-refractivity contribution < 1.29 is 0 Å². The molecule has 0 bridgehead atoms. The van der Waals surface area contributed by atoms with Gasteiger partial charge in [-0.05, 0) is 41.0 Å². The van der Waals surface area contributed by atoms with Crippen molar-refractivity contribution in [2.24, 2.45) is 7.05 Å². The number of aryl methyl sites for hydroxylation is 1. The fraction of sp³-hybridized carbons (Fsp3) is 0.417. The number of halogens is 1. The van der Waals surface area contributed by atoms with E-state index in [1.807, 2.05) is 29.8 Å². The lowest BCUT2D eigenvalue weighted by Gasteiger charge is -2.11. The van der Waals surface area contributed by atoms with Gasteiger partial charge in [-0.25, -0.2) is 4.79 Å². The molecule has 1 atom stereocenters. The van der Waals surface area contributed by atoms with Gasteiger partial charge in [0.1, 0.15) is 0 Å². The van der Waals surface area contributed by atoms with E-state index in [2.05, 4.69) is 21.2 Å². The minimum atomic E-state index is 0.0700. The summed E-state index contributed by atoms with van der Waals surface area (Å²) in [6.45, 7) is 1.86. The van der Waals surface area contributed by atoms with E-state index >= 15 is 0 Å². The van der Waals surface area contributed by atoms with Gasteiger partial charge < -0.3 is 5.32 Å². The second-order valence-corrected chi connectivity index (χ2v) is 5.32. The van der Waals surface area contributed by atoms with E-state index < -0.39 is 0 Å². The molecule has 1 aliphatic rings. The van der Waals surface area contributed by atoms with Crippen LogP contribution in [0.4, 0.5) is 0 Å². The molecule has 5 heteroatoms. The predicted octanol–water partition coefficient (Wildman–Crippen LogP) is 1.64. The number of hydrogen-bond donors (Lipinski definition) is 1. The first-order chi connectivity index (χ1) is 8.20. The van der Waals surface area contributed by atoms with Crippen molar-refractivity contribution in [3.63, 3.8) is 0 Å². The van der Waals surface area contributed by atoms with Crippen LogP contribution >= 0.6 is 15.9 Å². The third-order valence-corrected chi connectivity index (χ3v) is 4.10. The molecule has 0 saturated carbocycles. The van der Waals surface area contributed by atoms with Gasteiger partial charge in [0, 0.05) is 18.1 Å². The molecule has 0 spiro atoms. The molecule has 1 aliphatic heterocycles. The number of fused-ring (bicyclic) bond motifs is 1. The van der Waals surface area contributed by atoms with Crippen LogP contribution in [-0.2, 0) is 7.05 Å². The standard InChI is InChI=1S/C12H14BrN3O/c1-15-10-4-2-3-9(13)11(10)16(12(15)17)8-5-6-14-7-8/h2-4,8,14H,5-7H2,1H3. The molecule has 1 saturated heterocycles. The lowest BCUT2D eigenvalue weighted by molar-refractivity contribution is 0.535. The van der Waals surface area contributed by atoms with Gasteiger partial charge in [-0.2, -0.15) is 0 Å². The van der Waals surface area contributed by atoms with Gasteiger partial charge in [-0.1, -0.05) is 6.07 Å². The molecule has 2 heterocycles. The minimum absolute atomic E-state index is 0.0700. The molecule has 0 aliphatic carbocycles. The van der Waals surface area contributed by atoms with E-state index in [4.69, 9.17) is 0 Å². The summed E-state index contributed by atoms with van der Waals surface area (Å²) in [4.78, 5) is 12.3. The van der Waals surface area contributed by atoms with Crippen LogP contribution < -0.4 is 11.0 Å². The summed E-state index contributed by atoms with van der Waals surface area (Å²) in [7, 11) is 1.83. The van der Waals surface area contributed by atoms with E-state index in [1.54, 1.807) is 4.57 Å². The maximum Gasteiger partial charge on any atom is 0.329 e. The summed E-state index contributed by atoms with van der Waals surface area (Å²) in [5.74, 6) is 0. The Balaban J connectivity index is 2.36. The van der Waals surface area contributed by atoms with Crippen LogP contribution in [0.15, 0.2) is 27.5 Å². The highest BCUT2D eigenvalue weighted by Crippen LogP contribution is 2.26. The topological polar surface area (TPSA) is 39.0 Å². The Morgan fingerprint density at radius 2 is 2.29 bits per heavy atom. The van der Waals surface area contributed by atoms with Crippen molar-refractivity contribution in [3.05, 3.63) is 33.2 Å². The van der Waals surface area contributed by atoms with Crippen LogP contribution in [0.1, 0.15) is 12.5 Å². The Labute approximate surface area is 107 Å². The Morgan fingerprint density at radius 3 is 3.00 bits per heavy atom. The normalized spacial score (nSPS) is 20.2. The van der Waals surface area contributed by atoms with Gasteiger partial charge in [-0.15, -0.1) is 0 Å². The van der Waals surface area contributed by atoms with Gasteiger partial charge in [0.25, 0.3) is 0 Å². The lowest BCUT2D eigenvalue weighted by atomic mass is 10.2. The maximum absolute atomic E-state index is 12.3. The Hall–Kier alpha value is -1.07. The quantitative estimate of drug-likeness (QED) is 0.869. The highest BCUT2D eigenvalue weighted by Gasteiger charge is 2.23. The third-order valence-electron chi connectivity index (χ3n) is 3.46. The SMILES string of the molecule is Cn1c(=O)n(C2CCNC2)c2c(Br)cccc21. The molecule has 1 aromatic carbocycles. The van der Waals surface area contributed by atoms with E-state index in [0.717, 1.165) is 35.0 Å². The average molecular weight is 296 g/mol. The summed E-state index contributed by atoms with van der Waals surface area (Å²) in [6, 6.07) is 6.20. The smallest absolute Gasteiger partial charge is 0.315 e. The molecule has 1 aromatic heterocycles. The number of para-hydroxylation sites is 1. The summed E-state index contributed by atoms with van der Waals surface area (Å²) >= 11 is 3.55. The Kier molecular flexibility index (Phi) is 2.60. The fourth-order valence-electron chi connectivity index (χ4n) is 2.57. The number of nitrogens with zero attached hydrogens (tertiary/aromatic N) is 2. The van der Waals surface area contributed by atoms with E-state index in [0.29, 0.717) is 0 Å². The first-order valence-electron chi connectivity index (χ1n) is 5.76. The molecular formula is C12H14BrN3O. The first kappa shape index (κ1) is 11.0. The molecule has 4 nitrogen and oxygen atoms in total. The van der Waals surface area contributed by atoms with Crippen molar-refractivity contribution in [3.8, 4) is 0 Å². The molecule has 2 aromatic rings. The average Bonchev–Trinajstić information content (AvgIpc) is 2.90. The Bertz CT molecular complexity index is 622. The number of nitrogens with one attached hydrogen (secondary N) is 1. The largest absolute Gasteiger partial charge is 0.329 e. The van der Waals surface area contributed by atoms with Gasteiger partial charge in [0.05, 0.1) is 17.1 Å². The van der Waals surface area contributed by atoms with Crippen LogP contribution in [-0.4, -0.2) is 22.2 Å². The van der Waals surface area contributed by atoms with Crippen LogP contribution in [0.5, 0.6) is 0 Å². The zero-order chi connectivity index (χ0) is 12.0. The summed E-state index contributed by atoms with van der Waals surface area (Å²) in [5.41, 5.74) is 2.06. The first-order valence-corrected chi connectivity index (χ1v) is 6.55. The van der Waals surface area contributed by atoms with Gasteiger partial charge in [0.2, 0.25) is 0 Å². The number of imidazole rings is 1. The monoisotopic (exact) mass is 295 g/mol. The predicted molar refractivity (Wildman–Crippen MR) is 71.4 cm³/mol. The van der Waals surface area contributed by atoms with Crippen molar-refractivity contribution in [1.29, 1.82) is 0 Å². The second-order valence-electron chi connectivity index (χ2n) is 4.47. The van der Waals surface area contributed by atoms with Crippen molar-refractivity contribution in [1.82, 2.24) is 14.5 Å². The minimum Gasteiger partial charge on any atom is -0.315 e. The van der Waals surface area contributed by atoms with Gasteiger partial charge in [-0.3, -0.25) is 9.13 Å². The maximum atomic E-state index is 12.3. The zero-order valence-electron chi connectivity index (χ0n) is 9.61. The summed E-state index contributed by atoms with van der Waals surface area (Å²) in [5, 5.41) is 3.31. The number of benzene rings is 1. The molecule has 0 radical (unpaired) electrons. The Morgan fingerprint density at radius 1 is 1.47 bits per heavy atom. The van der Waals surface area contributed by atoms with Crippen molar-refractivity contribution >= 4 is 27.0 Å². The molecule has 3 rings (SSSR count). The molecule has 1 unspecified atom stereocenters. The number of hydrogen-bond acceptors (Lipinski definition) is 2. The second kappa shape index (κ2) is 3.99. The van der Waals surface area contributed by atoms with Gasteiger partial charge >= 0.3 is 5.69 Å². The van der Waals surface area contributed by atoms with E-state index in [1.165, 1.54) is 0 Å². The van der Waals surface area contributed by atoms with Crippen LogP contribution in [0.25, 0.3) is 11.0 Å². The van der Waals surface area contributed by atoms with Crippen molar-refractivity contribution in [2.45, 2.75) is 12.5 Å². The summed E-state index contributed by atoms with van der Waals surface area (Å²) < 4.78 is 4.62. The zero-order valence-corrected chi connectivity index (χ0v) is 11.2.